The van der Waals surface area contributed by atoms with Gasteiger partial charge in [0.1, 0.15) is 0 Å². The third-order valence-electron chi connectivity index (χ3n) is 2.67. The second-order valence-electron chi connectivity index (χ2n) is 3.93. The number of rotatable bonds is 4. The second kappa shape index (κ2) is 5.18. The summed E-state index contributed by atoms with van der Waals surface area (Å²) in [6, 6.07) is 5.92. The van der Waals surface area contributed by atoms with E-state index >= 15 is 0 Å². The van der Waals surface area contributed by atoms with Crippen LogP contribution in [0.15, 0.2) is 29.2 Å². The number of imide groups is 1. The maximum absolute atomic E-state index is 11.3. The van der Waals surface area contributed by atoms with Gasteiger partial charge in [-0.05, 0) is 24.1 Å². The summed E-state index contributed by atoms with van der Waals surface area (Å²) in [4.78, 5) is 23.5. The number of hydrogen-bond donors (Lipinski definition) is 0. The Morgan fingerprint density at radius 2 is 1.84 bits per heavy atom. The highest BCUT2D eigenvalue weighted by molar-refractivity contribution is 8.13. The average Bonchev–Trinajstić information content (AvgIpc) is 2.66. The molecule has 0 aromatic heterocycles. The fourth-order valence-electron chi connectivity index (χ4n) is 1.66. The predicted molar refractivity (Wildman–Crippen MR) is 66.2 cm³/mol. The van der Waals surface area contributed by atoms with E-state index in [1.54, 1.807) is 12.1 Å². The Morgan fingerprint density at radius 3 is 2.32 bits per heavy atom. The minimum absolute atomic E-state index is 0.00887. The molecule has 2 amide bonds. The molecule has 0 radical (unpaired) electrons. The third kappa shape index (κ3) is 3.24. The highest BCUT2D eigenvalue weighted by atomic mass is 35.7. The zero-order valence-electron chi connectivity index (χ0n) is 9.71. The molecule has 1 heterocycles. The SMILES string of the molecule is O=C1COC(=O)N1CCc1ccc(S(=O)(=O)Cl)cc1. The predicted octanol–water partition coefficient (Wildman–Crippen LogP) is 1.14. The van der Waals surface area contributed by atoms with E-state index in [0.717, 1.165) is 10.5 Å². The number of carbonyl (C=O) groups is 2. The van der Waals surface area contributed by atoms with Crippen molar-refractivity contribution >= 4 is 31.7 Å². The van der Waals surface area contributed by atoms with Crippen LogP contribution in [0.4, 0.5) is 4.79 Å². The first-order chi connectivity index (χ1) is 8.88. The van der Waals surface area contributed by atoms with Gasteiger partial charge in [0.25, 0.3) is 15.0 Å². The van der Waals surface area contributed by atoms with Crippen molar-refractivity contribution in [3.63, 3.8) is 0 Å². The summed E-state index contributed by atoms with van der Waals surface area (Å²) in [6.45, 7) is -0.0209. The molecule has 8 heteroatoms. The number of halogens is 1. The van der Waals surface area contributed by atoms with Crippen LogP contribution in [-0.4, -0.2) is 38.5 Å². The van der Waals surface area contributed by atoms with Gasteiger partial charge in [0, 0.05) is 17.2 Å². The number of cyclic esters (lactones) is 1. The van der Waals surface area contributed by atoms with Crippen LogP contribution >= 0.6 is 10.7 Å². The van der Waals surface area contributed by atoms with Gasteiger partial charge in [-0.25, -0.2) is 18.1 Å². The summed E-state index contributed by atoms with van der Waals surface area (Å²) >= 11 is 0. The average molecular weight is 304 g/mol. The van der Waals surface area contributed by atoms with Crippen LogP contribution in [0.1, 0.15) is 5.56 Å². The van der Waals surface area contributed by atoms with Crippen molar-refractivity contribution in [2.24, 2.45) is 0 Å². The van der Waals surface area contributed by atoms with Crippen molar-refractivity contribution in [2.75, 3.05) is 13.2 Å². The fourth-order valence-corrected chi connectivity index (χ4v) is 2.43. The van der Waals surface area contributed by atoms with E-state index in [-0.39, 0.29) is 24.0 Å². The number of carbonyl (C=O) groups excluding carboxylic acids is 2. The molecule has 0 unspecified atom stereocenters. The van der Waals surface area contributed by atoms with E-state index in [0.29, 0.717) is 6.42 Å². The highest BCUT2D eigenvalue weighted by Gasteiger charge is 2.30. The van der Waals surface area contributed by atoms with Crippen LogP contribution in [0.3, 0.4) is 0 Å². The Morgan fingerprint density at radius 1 is 1.21 bits per heavy atom. The van der Waals surface area contributed by atoms with E-state index in [4.69, 9.17) is 10.7 Å². The number of hydrogen-bond acceptors (Lipinski definition) is 5. The normalized spacial score (nSPS) is 15.7. The van der Waals surface area contributed by atoms with Crippen molar-refractivity contribution in [3.8, 4) is 0 Å². The van der Waals surface area contributed by atoms with E-state index in [9.17, 15) is 18.0 Å². The molecule has 1 aromatic carbocycles. The largest absolute Gasteiger partial charge is 0.439 e. The first-order valence-electron chi connectivity index (χ1n) is 5.38. The van der Waals surface area contributed by atoms with Gasteiger partial charge in [-0.3, -0.25) is 4.79 Å². The standard InChI is InChI=1S/C11H10ClNO5S/c12-19(16,17)9-3-1-8(2-4-9)5-6-13-10(14)7-18-11(13)15/h1-4H,5-7H2. The van der Waals surface area contributed by atoms with Gasteiger partial charge < -0.3 is 4.74 Å². The molecule has 19 heavy (non-hydrogen) atoms. The molecular formula is C11H10ClNO5S. The van der Waals surface area contributed by atoms with Crippen LogP contribution in [-0.2, 0) is 25.0 Å². The number of nitrogens with zero attached hydrogens (tertiary/aromatic N) is 1. The van der Waals surface area contributed by atoms with Crippen LogP contribution in [0.25, 0.3) is 0 Å². The minimum atomic E-state index is -3.73. The van der Waals surface area contributed by atoms with E-state index in [1.807, 2.05) is 0 Å². The first-order valence-corrected chi connectivity index (χ1v) is 7.69. The van der Waals surface area contributed by atoms with Crippen LogP contribution in [0, 0.1) is 0 Å². The third-order valence-corrected chi connectivity index (χ3v) is 4.04. The Hall–Kier alpha value is -1.60. The van der Waals surface area contributed by atoms with Crippen LogP contribution < -0.4 is 0 Å². The van der Waals surface area contributed by atoms with E-state index < -0.39 is 15.1 Å². The molecule has 0 saturated carbocycles. The van der Waals surface area contributed by atoms with Gasteiger partial charge in [-0.1, -0.05) is 12.1 Å². The molecule has 1 aliphatic rings. The zero-order chi connectivity index (χ0) is 14.0. The molecule has 1 fully saturated rings. The molecular weight excluding hydrogens is 294 g/mol. The molecule has 1 saturated heterocycles. The number of benzene rings is 1. The zero-order valence-corrected chi connectivity index (χ0v) is 11.3. The lowest BCUT2D eigenvalue weighted by atomic mass is 10.1. The van der Waals surface area contributed by atoms with Crippen molar-refractivity contribution < 1.29 is 22.7 Å². The van der Waals surface area contributed by atoms with Gasteiger partial charge in [0.15, 0.2) is 6.61 Å². The van der Waals surface area contributed by atoms with Crippen LogP contribution in [0.2, 0.25) is 0 Å². The molecule has 0 bridgehead atoms. The molecule has 6 nitrogen and oxygen atoms in total. The quantitative estimate of drug-likeness (QED) is 0.779. The summed E-state index contributed by atoms with van der Waals surface area (Å²) in [7, 11) is 1.45. The lowest BCUT2D eigenvalue weighted by Crippen LogP contribution is -2.31. The van der Waals surface area contributed by atoms with Gasteiger partial charge in [-0.15, -0.1) is 0 Å². The Balaban J connectivity index is 2.01. The lowest BCUT2D eigenvalue weighted by molar-refractivity contribution is -0.125. The summed E-state index contributed by atoms with van der Waals surface area (Å²) in [5.74, 6) is -0.370. The summed E-state index contributed by atoms with van der Waals surface area (Å²) in [6.07, 6.45) is -0.228. The van der Waals surface area contributed by atoms with E-state index in [2.05, 4.69) is 4.74 Å². The Bertz CT molecular complexity index is 594. The smallest absolute Gasteiger partial charge is 0.417 e. The van der Waals surface area contributed by atoms with Gasteiger partial charge in [-0.2, -0.15) is 0 Å². The monoisotopic (exact) mass is 303 g/mol. The second-order valence-corrected chi connectivity index (χ2v) is 6.50. The summed E-state index contributed by atoms with van der Waals surface area (Å²) in [5, 5.41) is 0. The molecule has 0 aliphatic carbocycles. The lowest BCUT2D eigenvalue weighted by Gasteiger charge is -2.10. The number of ether oxygens (including phenoxy) is 1. The topological polar surface area (TPSA) is 80.8 Å². The summed E-state index contributed by atoms with van der Waals surface area (Å²) < 4.78 is 26.7. The van der Waals surface area contributed by atoms with Gasteiger partial charge in [0.05, 0.1) is 4.90 Å². The number of amides is 2. The fraction of sp³-hybridized carbons (Fsp3) is 0.273. The first kappa shape index (κ1) is 13.8. The Labute approximate surface area is 114 Å². The molecule has 0 spiro atoms. The molecule has 0 N–H and O–H groups in total. The summed E-state index contributed by atoms with van der Waals surface area (Å²) in [5.41, 5.74) is 0.788. The van der Waals surface area contributed by atoms with Crippen LogP contribution in [0.5, 0.6) is 0 Å². The van der Waals surface area contributed by atoms with E-state index in [1.165, 1.54) is 12.1 Å². The molecule has 0 atom stereocenters. The molecule has 1 aromatic rings. The Kier molecular flexibility index (Phi) is 3.77. The highest BCUT2D eigenvalue weighted by Crippen LogP contribution is 2.16. The maximum Gasteiger partial charge on any atom is 0.417 e. The molecule has 102 valence electrons. The van der Waals surface area contributed by atoms with Gasteiger partial charge in [0.2, 0.25) is 0 Å². The minimum Gasteiger partial charge on any atom is -0.439 e. The van der Waals surface area contributed by atoms with Crippen molar-refractivity contribution in [1.82, 2.24) is 4.90 Å². The van der Waals surface area contributed by atoms with Crippen molar-refractivity contribution in [3.05, 3.63) is 29.8 Å². The molecule has 2 rings (SSSR count). The van der Waals surface area contributed by atoms with Crippen molar-refractivity contribution in [2.45, 2.75) is 11.3 Å². The van der Waals surface area contributed by atoms with Gasteiger partial charge >= 0.3 is 6.09 Å². The molecule has 1 aliphatic heterocycles. The van der Waals surface area contributed by atoms with Crippen molar-refractivity contribution in [1.29, 1.82) is 0 Å². The maximum atomic E-state index is 11.3.